The number of ether oxygens (including phenoxy) is 1. The van der Waals surface area contributed by atoms with Gasteiger partial charge in [-0.25, -0.2) is 4.98 Å². The molecule has 22 heavy (non-hydrogen) atoms. The van der Waals surface area contributed by atoms with E-state index >= 15 is 0 Å². The average Bonchev–Trinajstić information content (AvgIpc) is 2.88. The zero-order valence-electron chi connectivity index (χ0n) is 12.6. The predicted molar refractivity (Wildman–Crippen MR) is 88.0 cm³/mol. The normalized spacial score (nSPS) is 21.7. The molecule has 1 amide bonds. The Morgan fingerprint density at radius 3 is 2.95 bits per heavy atom. The minimum atomic E-state index is -0.294. The highest BCUT2D eigenvalue weighted by Crippen LogP contribution is 2.16. The maximum absolute atomic E-state index is 12.3. The lowest BCUT2D eigenvalue weighted by Crippen LogP contribution is -2.57. The lowest BCUT2D eigenvalue weighted by Gasteiger charge is -2.38. The van der Waals surface area contributed by atoms with E-state index in [1.165, 1.54) is 0 Å². The molecular formula is C13H20ClN5O2S. The quantitative estimate of drug-likeness (QED) is 0.695. The Hall–Kier alpha value is -1.38. The van der Waals surface area contributed by atoms with Crippen molar-refractivity contribution in [2.24, 2.45) is 5.73 Å². The summed E-state index contributed by atoms with van der Waals surface area (Å²) in [6, 6.07) is -0.128. The standard InChI is InChI=1S/C13H20ClN5O2S/c1-3-7-10(14)18-11(16-7)12(20)17-8-4-5-19(13(15)22)6-9(8)21-2/h8-9H,3-6H2,1-2H3,(H2,15,22)(H,16,18)(H,17,20). The van der Waals surface area contributed by atoms with Gasteiger partial charge in [-0.05, 0) is 25.1 Å². The summed E-state index contributed by atoms with van der Waals surface area (Å²) >= 11 is 10.9. The number of piperidine rings is 1. The Morgan fingerprint density at radius 1 is 1.68 bits per heavy atom. The van der Waals surface area contributed by atoms with Gasteiger partial charge in [0.1, 0.15) is 0 Å². The maximum Gasteiger partial charge on any atom is 0.287 e. The number of halogens is 1. The average molecular weight is 346 g/mol. The summed E-state index contributed by atoms with van der Waals surface area (Å²) in [5.41, 5.74) is 6.39. The van der Waals surface area contributed by atoms with Gasteiger partial charge in [-0.2, -0.15) is 0 Å². The number of thiocarbonyl (C=S) groups is 1. The number of amides is 1. The largest absolute Gasteiger partial charge is 0.377 e. The third-order valence-electron chi connectivity index (χ3n) is 3.79. The molecule has 1 saturated heterocycles. The Bertz CT molecular complexity index is 565. The summed E-state index contributed by atoms with van der Waals surface area (Å²) in [6.45, 7) is 3.17. The molecule has 0 aromatic carbocycles. The number of hydrogen-bond acceptors (Lipinski definition) is 4. The van der Waals surface area contributed by atoms with Crippen LogP contribution < -0.4 is 11.1 Å². The molecule has 2 atom stereocenters. The zero-order valence-corrected chi connectivity index (χ0v) is 14.1. The predicted octanol–water partition coefficient (Wildman–Crippen LogP) is 0.688. The van der Waals surface area contributed by atoms with E-state index in [0.717, 1.165) is 5.69 Å². The molecule has 7 nitrogen and oxygen atoms in total. The van der Waals surface area contributed by atoms with Crippen molar-refractivity contribution in [1.82, 2.24) is 20.2 Å². The minimum Gasteiger partial charge on any atom is -0.377 e. The molecule has 2 unspecified atom stereocenters. The van der Waals surface area contributed by atoms with Gasteiger partial charge in [0.25, 0.3) is 5.91 Å². The van der Waals surface area contributed by atoms with Crippen molar-refractivity contribution < 1.29 is 9.53 Å². The highest BCUT2D eigenvalue weighted by atomic mass is 35.5. The maximum atomic E-state index is 12.3. The second kappa shape index (κ2) is 7.26. The van der Waals surface area contributed by atoms with Gasteiger partial charge >= 0.3 is 0 Å². The fraction of sp³-hybridized carbons (Fsp3) is 0.615. The molecule has 2 rings (SSSR count). The Labute approximate surface area is 139 Å². The molecule has 0 bridgehead atoms. The van der Waals surface area contributed by atoms with Gasteiger partial charge in [0.15, 0.2) is 16.1 Å². The van der Waals surface area contributed by atoms with Crippen molar-refractivity contribution in [3.8, 4) is 0 Å². The van der Waals surface area contributed by atoms with Crippen molar-refractivity contribution in [2.45, 2.75) is 31.9 Å². The third-order valence-corrected chi connectivity index (χ3v) is 4.36. The number of aryl methyl sites for hydroxylation is 1. The summed E-state index contributed by atoms with van der Waals surface area (Å²) in [7, 11) is 1.60. The topological polar surface area (TPSA) is 96.3 Å². The van der Waals surface area contributed by atoms with E-state index in [0.29, 0.717) is 36.2 Å². The molecule has 1 aliphatic heterocycles. The highest BCUT2D eigenvalue weighted by molar-refractivity contribution is 7.80. The van der Waals surface area contributed by atoms with Gasteiger partial charge in [-0.15, -0.1) is 0 Å². The van der Waals surface area contributed by atoms with Crippen LogP contribution in [0.4, 0.5) is 0 Å². The van der Waals surface area contributed by atoms with Crippen LogP contribution in [0, 0.1) is 0 Å². The van der Waals surface area contributed by atoms with Gasteiger partial charge in [0.2, 0.25) is 0 Å². The summed E-state index contributed by atoms with van der Waals surface area (Å²) in [5.74, 6) is -0.0779. The van der Waals surface area contributed by atoms with E-state index in [2.05, 4.69) is 15.3 Å². The van der Waals surface area contributed by atoms with E-state index in [1.54, 1.807) is 7.11 Å². The van der Waals surface area contributed by atoms with Crippen LogP contribution in [0.3, 0.4) is 0 Å². The molecular weight excluding hydrogens is 326 g/mol. The second-order valence-electron chi connectivity index (χ2n) is 5.14. The van der Waals surface area contributed by atoms with Gasteiger partial charge < -0.3 is 25.7 Å². The van der Waals surface area contributed by atoms with E-state index in [1.807, 2.05) is 11.8 Å². The van der Waals surface area contributed by atoms with Crippen LogP contribution in [-0.2, 0) is 11.2 Å². The molecule has 1 fully saturated rings. The van der Waals surface area contributed by atoms with E-state index in [9.17, 15) is 4.79 Å². The van der Waals surface area contributed by atoms with Crippen LogP contribution in [0.25, 0.3) is 0 Å². The SMILES string of the molecule is CCc1[nH]c(C(=O)NC2CCN(C(N)=S)CC2OC)nc1Cl. The number of H-pyrrole nitrogens is 1. The fourth-order valence-corrected chi connectivity index (χ4v) is 2.92. The first-order valence-electron chi connectivity index (χ1n) is 7.08. The molecule has 0 saturated carbocycles. The number of hydrogen-bond donors (Lipinski definition) is 3. The number of likely N-dealkylation sites (tertiary alicyclic amines) is 1. The lowest BCUT2D eigenvalue weighted by atomic mass is 10.0. The molecule has 0 aliphatic carbocycles. The second-order valence-corrected chi connectivity index (χ2v) is 5.91. The van der Waals surface area contributed by atoms with Crippen LogP contribution in [-0.4, -0.2) is 58.2 Å². The molecule has 4 N–H and O–H groups in total. The number of nitrogens with one attached hydrogen (secondary N) is 2. The van der Waals surface area contributed by atoms with E-state index in [4.69, 9.17) is 34.3 Å². The van der Waals surface area contributed by atoms with Crippen molar-refractivity contribution in [3.63, 3.8) is 0 Å². The molecule has 1 aromatic rings. The zero-order chi connectivity index (χ0) is 16.3. The van der Waals surface area contributed by atoms with Crippen molar-refractivity contribution in [1.29, 1.82) is 0 Å². The number of carbonyl (C=O) groups is 1. The molecule has 0 spiro atoms. The molecule has 0 radical (unpaired) electrons. The number of rotatable bonds is 4. The van der Waals surface area contributed by atoms with Gasteiger partial charge in [-0.3, -0.25) is 4.79 Å². The molecule has 122 valence electrons. The Kier molecular flexibility index (Phi) is 5.60. The molecule has 2 heterocycles. The summed E-state index contributed by atoms with van der Waals surface area (Å²) < 4.78 is 5.44. The van der Waals surface area contributed by atoms with Crippen LogP contribution in [0.15, 0.2) is 0 Å². The molecule has 9 heteroatoms. The Morgan fingerprint density at radius 2 is 2.41 bits per heavy atom. The van der Waals surface area contributed by atoms with Gasteiger partial charge in [0.05, 0.1) is 17.8 Å². The van der Waals surface area contributed by atoms with Crippen LogP contribution >= 0.6 is 23.8 Å². The van der Waals surface area contributed by atoms with Gasteiger partial charge in [0, 0.05) is 20.2 Å². The third kappa shape index (κ3) is 3.68. The highest BCUT2D eigenvalue weighted by Gasteiger charge is 2.31. The van der Waals surface area contributed by atoms with Crippen LogP contribution in [0.5, 0.6) is 0 Å². The summed E-state index contributed by atoms with van der Waals surface area (Å²) in [5, 5.41) is 3.61. The monoisotopic (exact) mass is 345 g/mol. The lowest BCUT2D eigenvalue weighted by molar-refractivity contribution is 0.0252. The number of imidazole rings is 1. The number of aromatic nitrogens is 2. The number of nitrogens with two attached hydrogens (primary N) is 1. The Balaban J connectivity index is 2.02. The van der Waals surface area contributed by atoms with Crippen LogP contribution in [0.2, 0.25) is 5.15 Å². The smallest absolute Gasteiger partial charge is 0.287 e. The van der Waals surface area contributed by atoms with E-state index < -0.39 is 0 Å². The van der Waals surface area contributed by atoms with Crippen LogP contribution in [0.1, 0.15) is 29.7 Å². The fourth-order valence-electron chi connectivity index (χ4n) is 2.49. The first kappa shape index (κ1) is 17.0. The van der Waals surface area contributed by atoms with Crippen molar-refractivity contribution in [2.75, 3.05) is 20.2 Å². The first-order chi connectivity index (χ1) is 10.5. The minimum absolute atomic E-state index is 0.128. The van der Waals surface area contributed by atoms with E-state index in [-0.39, 0.29) is 23.9 Å². The first-order valence-corrected chi connectivity index (χ1v) is 7.87. The number of nitrogens with zero attached hydrogens (tertiary/aromatic N) is 2. The summed E-state index contributed by atoms with van der Waals surface area (Å²) in [4.78, 5) is 21.1. The molecule has 1 aromatic heterocycles. The van der Waals surface area contributed by atoms with Gasteiger partial charge in [-0.1, -0.05) is 18.5 Å². The summed E-state index contributed by atoms with van der Waals surface area (Å²) in [6.07, 6.45) is 1.19. The number of carbonyl (C=O) groups excluding carboxylic acids is 1. The van der Waals surface area contributed by atoms with Crippen molar-refractivity contribution >= 4 is 34.8 Å². The number of aromatic amines is 1. The molecule has 1 aliphatic rings. The van der Waals surface area contributed by atoms with Crippen molar-refractivity contribution in [3.05, 3.63) is 16.7 Å². The number of methoxy groups -OCH3 is 1.